The van der Waals surface area contributed by atoms with Crippen LogP contribution < -0.4 is 5.32 Å². The largest absolute Gasteiger partial charge is 0.381 e. The van der Waals surface area contributed by atoms with E-state index in [4.69, 9.17) is 11.6 Å². The van der Waals surface area contributed by atoms with E-state index in [2.05, 4.69) is 27.9 Å². The molecule has 0 spiro atoms. The van der Waals surface area contributed by atoms with Gasteiger partial charge >= 0.3 is 0 Å². The van der Waals surface area contributed by atoms with E-state index in [0.717, 1.165) is 9.26 Å². The molecule has 88 valence electrons. The lowest BCUT2D eigenvalue weighted by atomic mass is 10.2. The molecule has 0 bridgehead atoms. The Morgan fingerprint density at radius 3 is 2.65 bits per heavy atom. The molecule has 0 unspecified atom stereocenters. The van der Waals surface area contributed by atoms with Crippen molar-refractivity contribution in [2.45, 2.75) is 6.54 Å². The summed E-state index contributed by atoms with van der Waals surface area (Å²) in [5, 5.41) is 3.60. The molecule has 2 aromatic carbocycles. The quantitative estimate of drug-likeness (QED) is 0.782. The Hall–Kier alpha value is -0.810. The lowest BCUT2D eigenvalue weighted by molar-refractivity contribution is 0.613. The maximum atomic E-state index is 13.5. The maximum absolute atomic E-state index is 13.5. The summed E-state index contributed by atoms with van der Waals surface area (Å²) in [5.74, 6) is -0.282. The van der Waals surface area contributed by atoms with Gasteiger partial charge in [0.25, 0.3) is 0 Å². The van der Waals surface area contributed by atoms with Crippen LogP contribution in [0.15, 0.2) is 42.5 Å². The van der Waals surface area contributed by atoms with Gasteiger partial charge in [0.1, 0.15) is 5.82 Å². The fraction of sp³-hybridized carbons (Fsp3) is 0.0769. The van der Waals surface area contributed by atoms with Gasteiger partial charge in [0.15, 0.2) is 0 Å². The van der Waals surface area contributed by atoms with Crippen LogP contribution in [0.1, 0.15) is 5.56 Å². The van der Waals surface area contributed by atoms with Crippen molar-refractivity contribution in [2.24, 2.45) is 0 Å². The molecule has 2 aromatic rings. The number of anilines is 1. The van der Waals surface area contributed by atoms with E-state index in [9.17, 15) is 4.39 Å². The highest BCUT2D eigenvalue weighted by molar-refractivity contribution is 14.1. The molecule has 17 heavy (non-hydrogen) atoms. The minimum Gasteiger partial charge on any atom is -0.381 e. The van der Waals surface area contributed by atoms with Crippen LogP contribution in [0.2, 0.25) is 5.02 Å². The fourth-order valence-electron chi connectivity index (χ4n) is 1.49. The van der Waals surface area contributed by atoms with Gasteiger partial charge in [-0.1, -0.05) is 23.7 Å². The standard InChI is InChI=1S/C13H10ClFIN/c14-12-5-2-6-13(15)11(12)8-17-10-4-1-3-9(16)7-10/h1-7,17H,8H2. The van der Waals surface area contributed by atoms with Crippen LogP contribution in [-0.4, -0.2) is 0 Å². The molecule has 0 atom stereocenters. The van der Waals surface area contributed by atoms with Gasteiger partial charge in [-0.25, -0.2) is 4.39 Å². The Balaban J connectivity index is 2.13. The zero-order chi connectivity index (χ0) is 12.3. The summed E-state index contributed by atoms with van der Waals surface area (Å²) < 4.78 is 14.6. The highest BCUT2D eigenvalue weighted by Gasteiger charge is 2.06. The van der Waals surface area contributed by atoms with Gasteiger partial charge in [0.2, 0.25) is 0 Å². The first-order chi connectivity index (χ1) is 8.16. The Labute approximate surface area is 118 Å². The molecular formula is C13H10ClFIN. The molecule has 1 nitrogen and oxygen atoms in total. The minimum atomic E-state index is -0.282. The average Bonchev–Trinajstić information content (AvgIpc) is 2.28. The van der Waals surface area contributed by atoms with Crippen LogP contribution in [0.4, 0.5) is 10.1 Å². The molecular weight excluding hydrogens is 352 g/mol. The van der Waals surface area contributed by atoms with Crippen molar-refractivity contribution in [2.75, 3.05) is 5.32 Å². The molecule has 1 N–H and O–H groups in total. The Bertz CT molecular complexity index is 510. The molecule has 0 aliphatic heterocycles. The smallest absolute Gasteiger partial charge is 0.129 e. The summed E-state index contributed by atoms with van der Waals surface area (Å²) in [6, 6.07) is 12.6. The average molecular weight is 362 g/mol. The monoisotopic (exact) mass is 361 g/mol. The molecule has 0 saturated heterocycles. The van der Waals surface area contributed by atoms with Crippen LogP contribution in [-0.2, 0) is 6.54 Å². The third-order valence-corrected chi connectivity index (χ3v) is 3.38. The van der Waals surface area contributed by atoms with Gasteiger partial charge in [0, 0.05) is 26.4 Å². The molecule has 0 aliphatic rings. The van der Waals surface area contributed by atoms with Gasteiger partial charge in [-0.3, -0.25) is 0 Å². The van der Waals surface area contributed by atoms with E-state index in [1.54, 1.807) is 12.1 Å². The highest BCUT2D eigenvalue weighted by Crippen LogP contribution is 2.21. The van der Waals surface area contributed by atoms with Crippen molar-refractivity contribution in [3.63, 3.8) is 0 Å². The number of nitrogens with one attached hydrogen (secondary N) is 1. The lowest BCUT2D eigenvalue weighted by Crippen LogP contribution is -2.02. The van der Waals surface area contributed by atoms with Crippen LogP contribution in [0, 0.1) is 9.39 Å². The highest BCUT2D eigenvalue weighted by atomic mass is 127. The van der Waals surface area contributed by atoms with E-state index in [1.807, 2.05) is 24.3 Å². The first kappa shape index (κ1) is 12.6. The van der Waals surface area contributed by atoms with Gasteiger partial charge in [-0.05, 0) is 52.9 Å². The summed E-state index contributed by atoms with van der Waals surface area (Å²) in [4.78, 5) is 0. The second-order valence-corrected chi connectivity index (χ2v) is 5.22. The van der Waals surface area contributed by atoms with Crippen molar-refractivity contribution in [3.05, 3.63) is 62.4 Å². The van der Waals surface area contributed by atoms with Gasteiger partial charge < -0.3 is 5.32 Å². The first-order valence-corrected chi connectivity index (χ1v) is 6.55. The molecule has 0 saturated carbocycles. The predicted octanol–water partition coefficient (Wildman–Crippen LogP) is 4.70. The van der Waals surface area contributed by atoms with E-state index in [0.29, 0.717) is 17.1 Å². The molecule has 0 heterocycles. The number of halogens is 3. The summed E-state index contributed by atoms with van der Waals surface area (Å²) in [7, 11) is 0. The molecule has 0 fully saturated rings. The number of rotatable bonds is 3. The number of hydrogen-bond acceptors (Lipinski definition) is 1. The second-order valence-electron chi connectivity index (χ2n) is 3.56. The molecule has 0 radical (unpaired) electrons. The molecule has 0 aromatic heterocycles. The van der Waals surface area contributed by atoms with Crippen LogP contribution >= 0.6 is 34.2 Å². The topological polar surface area (TPSA) is 12.0 Å². The fourth-order valence-corrected chi connectivity index (χ4v) is 2.26. The first-order valence-electron chi connectivity index (χ1n) is 5.09. The Morgan fingerprint density at radius 2 is 1.94 bits per heavy atom. The summed E-state index contributed by atoms with van der Waals surface area (Å²) in [5.41, 5.74) is 1.45. The van der Waals surface area contributed by atoms with Crippen LogP contribution in [0.5, 0.6) is 0 Å². The molecule has 2 rings (SSSR count). The summed E-state index contributed by atoms with van der Waals surface area (Å²) >= 11 is 8.18. The maximum Gasteiger partial charge on any atom is 0.129 e. The van der Waals surface area contributed by atoms with Crippen molar-refractivity contribution < 1.29 is 4.39 Å². The second kappa shape index (κ2) is 5.69. The van der Waals surface area contributed by atoms with E-state index < -0.39 is 0 Å². The van der Waals surface area contributed by atoms with E-state index in [1.165, 1.54) is 6.07 Å². The van der Waals surface area contributed by atoms with Crippen LogP contribution in [0.3, 0.4) is 0 Å². The summed E-state index contributed by atoms with van der Waals surface area (Å²) in [6.07, 6.45) is 0. The van der Waals surface area contributed by atoms with Gasteiger partial charge in [-0.15, -0.1) is 0 Å². The van der Waals surface area contributed by atoms with Crippen molar-refractivity contribution in [1.29, 1.82) is 0 Å². The Kier molecular flexibility index (Phi) is 4.23. The summed E-state index contributed by atoms with van der Waals surface area (Å²) in [6.45, 7) is 0.381. The molecule has 0 aliphatic carbocycles. The SMILES string of the molecule is Fc1cccc(Cl)c1CNc1cccc(I)c1. The third kappa shape index (κ3) is 3.33. The lowest BCUT2D eigenvalue weighted by Gasteiger charge is -2.09. The van der Waals surface area contributed by atoms with Crippen molar-refractivity contribution in [1.82, 2.24) is 0 Å². The minimum absolute atomic E-state index is 0.282. The van der Waals surface area contributed by atoms with Crippen LogP contribution in [0.25, 0.3) is 0 Å². The zero-order valence-electron chi connectivity index (χ0n) is 8.88. The number of hydrogen-bond donors (Lipinski definition) is 1. The van der Waals surface area contributed by atoms with Crippen molar-refractivity contribution >= 4 is 39.9 Å². The predicted molar refractivity (Wildman–Crippen MR) is 77.9 cm³/mol. The zero-order valence-corrected chi connectivity index (χ0v) is 11.8. The Morgan fingerprint density at radius 1 is 1.18 bits per heavy atom. The van der Waals surface area contributed by atoms with Gasteiger partial charge in [0.05, 0.1) is 0 Å². The third-order valence-electron chi connectivity index (χ3n) is 2.36. The van der Waals surface area contributed by atoms with Crippen molar-refractivity contribution in [3.8, 4) is 0 Å². The molecule has 0 amide bonds. The normalized spacial score (nSPS) is 10.3. The molecule has 4 heteroatoms. The van der Waals surface area contributed by atoms with E-state index in [-0.39, 0.29) is 5.82 Å². The van der Waals surface area contributed by atoms with E-state index >= 15 is 0 Å². The number of benzene rings is 2. The van der Waals surface area contributed by atoms with Gasteiger partial charge in [-0.2, -0.15) is 0 Å².